The molecule has 1 rings (SSSR count). The standard InChI is InChI=1S/C7H7ClN2O.K/c1-5-2-3-6(8)4-7(5)9-10-11;/h2-4H,1H3,(H,9,11);. The van der Waals surface area contributed by atoms with Crippen LogP contribution in [0.15, 0.2) is 23.5 Å². The van der Waals surface area contributed by atoms with E-state index >= 15 is 0 Å². The molecule has 3 nitrogen and oxygen atoms in total. The van der Waals surface area contributed by atoms with Crippen molar-refractivity contribution < 1.29 is 0 Å². The van der Waals surface area contributed by atoms with Crippen molar-refractivity contribution in [2.75, 3.05) is 5.43 Å². The van der Waals surface area contributed by atoms with Crippen molar-refractivity contribution in [3.8, 4) is 0 Å². The molecule has 1 aromatic rings. The van der Waals surface area contributed by atoms with Gasteiger partial charge >= 0.3 is 0 Å². The Kier molecular flexibility index (Phi) is 6.35. The van der Waals surface area contributed by atoms with E-state index in [9.17, 15) is 4.91 Å². The maximum absolute atomic E-state index is 9.83. The molecule has 1 radical (unpaired) electrons. The Bertz CT molecular complexity index is 280. The normalized spacial score (nSPS) is 8.50. The summed E-state index contributed by atoms with van der Waals surface area (Å²) in [5.41, 5.74) is 3.89. The minimum absolute atomic E-state index is 0. The van der Waals surface area contributed by atoms with E-state index in [2.05, 4.69) is 10.7 Å². The van der Waals surface area contributed by atoms with Crippen LogP contribution in [0.4, 0.5) is 5.69 Å². The van der Waals surface area contributed by atoms with Crippen LogP contribution in [0.1, 0.15) is 5.56 Å². The van der Waals surface area contributed by atoms with Gasteiger partial charge in [0.1, 0.15) is 0 Å². The number of aryl methyl sites for hydroxylation is 1. The molecule has 0 heterocycles. The average molecular weight is 210 g/mol. The summed E-state index contributed by atoms with van der Waals surface area (Å²) in [5.74, 6) is 0. The van der Waals surface area contributed by atoms with Gasteiger partial charge in [-0.2, -0.15) is 0 Å². The van der Waals surface area contributed by atoms with Gasteiger partial charge in [0.15, 0.2) is 0 Å². The molecular formula is C7H7ClKN2O. The molecule has 0 fully saturated rings. The van der Waals surface area contributed by atoms with Gasteiger partial charge in [-0.3, -0.25) is 0 Å². The van der Waals surface area contributed by atoms with Crippen LogP contribution in [0.3, 0.4) is 0 Å². The minimum atomic E-state index is 0. The first-order chi connectivity index (χ1) is 5.24. The number of nitrogens with one attached hydrogen (secondary N) is 1. The number of hydrogen-bond donors (Lipinski definition) is 1. The van der Waals surface area contributed by atoms with E-state index in [1.807, 2.05) is 13.0 Å². The summed E-state index contributed by atoms with van der Waals surface area (Å²) in [5, 5.41) is 3.13. The Morgan fingerprint density at radius 3 is 2.75 bits per heavy atom. The Balaban J connectivity index is 0.00000121. The molecule has 0 aliphatic rings. The number of benzene rings is 1. The largest absolute Gasteiger partial charge is 0.242 e. The van der Waals surface area contributed by atoms with E-state index in [-0.39, 0.29) is 51.4 Å². The molecule has 59 valence electrons. The number of nitroso groups, excluding NO2 is 1. The molecule has 0 aromatic heterocycles. The summed E-state index contributed by atoms with van der Waals surface area (Å²) in [6.07, 6.45) is 0. The molecule has 0 bridgehead atoms. The van der Waals surface area contributed by atoms with Gasteiger partial charge in [-0.05, 0) is 24.6 Å². The fourth-order valence-corrected chi connectivity index (χ4v) is 0.936. The van der Waals surface area contributed by atoms with Gasteiger partial charge in [-0.1, -0.05) is 17.7 Å². The van der Waals surface area contributed by atoms with Crippen LogP contribution in [0.5, 0.6) is 0 Å². The van der Waals surface area contributed by atoms with E-state index in [1.54, 1.807) is 12.1 Å². The Hall–Kier alpha value is 0.546. The summed E-state index contributed by atoms with van der Waals surface area (Å²) in [7, 11) is 0. The molecule has 0 amide bonds. The van der Waals surface area contributed by atoms with Crippen molar-refractivity contribution in [3.63, 3.8) is 0 Å². The molecule has 12 heavy (non-hydrogen) atoms. The zero-order chi connectivity index (χ0) is 8.27. The zero-order valence-electron chi connectivity index (χ0n) is 6.97. The Morgan fingerprint density at radius 2 is 2.17 bits per heavy atom. The second-order valence-electron chi connectivity index (χ2n) is 2.16. The monoisotopic (exact) mass is 209 g/mol. The molecule has 0 aliphatic heterocycles. The second-order valence-corrected chi connectivity index (χ2v) is 2.60. The fourth-order valence-electron chi connectivity index (χ4n) is 0.764. The maximum Gasteiger partial charge on any atom is 0.0638 e. The summed E-state index contributed by atoms with van der Waals surface area (Å²) in [6.45, 7) is 1.86. The first kappa shape index (κ1) is 12.5. The molecule has 0 aliphatic carbocycles. The number of anilines is 1. The first-order valence-corrected chi connectivity index (χ1v) is 3.46. The number of hydrogen-bond acceptors (Lipinski definition) is 2. The van der Waals surface area contributed by atoms with Crippen LogP contribution in [-0.4, -0.2) is 51.4 Å². The van der Waals surface area contributed by atoms with Gasteiger partial charge in [-0.15, -0.1) is 4.91 Å². The molecule has 0 spiro atoms. The van der Waals surface area contributed by atoms with Crippen molar-refractivity contribution in [2.45, 2.75) is 6.92 Å². The third kappa shape index (κ3) is 3.51. The van der Waals surface area contributed by atoms with Crippen molar-refractivity contribution in [2.24, 2.45) is 5.29 Å². The number of rotatable bonds is 2. The predicted octanol–water partition coefficient (Wildman–Crippen LogP) is 2.36. The van der Waals surface area contributed by atoms with Crippen LogP contribution in [0.25, 0.3) is 0 Å². The van der Waals surface area contributed by atoms with E-state index in [1.165, 1.54) is 0 Å². The number of halogens is 1. The van der Waals surface area contributed by atoms with Gasteiger partial charge in [0.2, 0.25) is 0 Å². The van der Waals surface area contributed by atoms with Crippen molar-refractivity contribution in [3.05, 3.63) is 33.7 Å². The first-order valence-electron chi connectivity index (χ1n) is 3.08. The molecule has 1 N–H and O–H groups in total. The molecule has 0 saturated heterocycles. The van der Waals surface area contributed by atoms with Gasteiger partial charge in [0, 0.05) is 56.4 Å². The minimum Gasteiger partial charge on any atom is -0.242 e. The smallest absolute Gasteiger partial charge is 0.0638 e. The second kappa shape index (κ2) is 6.07. The quantitative estimate of drug-likeness (QED) is 0.462. The van der Waals surface area contributed by atoms with Crippen LogP contribution in [0.2, 0.25) is 5.02 Å². The number of nitrogens with zero attached hydrogens (tertiary/aromatic N) is 1. The van der Waals surface area contributed by atoms with Gasteiger partial charge < -0.3 is 0 Å². The molecule has 5 heteroatoms. The van der Waals surface area contributed by atoms with E-state index in [0.29, 0.717) is 10.7 Å². The van der Waals surface area contributed by atoms with E-state index in [4.69, 9.17) is 11.6 Å². The molecule has 1 aromatic carbocycles. The van der Waals surface area contributed by atoms with Crippen molar-refractivity contribution >= 4 is 68.7 Å². The molecule has 0 unspecified atom stereocenters. The van der Waals surface area contributed by atoms with E-state index < -0.39 is 0 Å². The van der Waals surface area contributed by atoms with Crippen LogP contribution in [0, 0.1) is 11.8 Å². The fraction of sp³-hybridized carbons (Fsp3) is 0.143. The maximum atomic E-state index is 9.83. The third-order valence-electron chi connectivity index (χ3n) is 1.37. The van der Waals surface area contributed by atoms with Crippen LogP contribution >= 0.6 is 11.6 Å². The topological polar surface area (TPSA) is 41.5 Å². The summed E-state index contributed by atoms with van der Waals surface area (Å²) in [6, 6.07) is 5.22. The summed E-state index contributed by atoms with van der Waals surface area (Å²) >= 11 is 5.67. The zero-order valence-corrected chi connectivity index (χ0v) is 10.8. The van der Waals surface area contributed by atoms with Gasteiger partial charge in [0.05, 0.1) is 11.0 Å². The Morgan fingerprint density at radius 1 is 1.50 bits per heavy atom. The summed E-state index contributed by atoms with van der Waals surface area (Å²) in [4.78, 5) is 9.83. The third-order valence-corrected chi connectivity index (χ3v) is 1.60. The van der Waals surface area contributed by atoms with Gasteiger partial charge in [-0.25, -0.2) is 5.43 Å². The van der Waals surface area contributed by atoms with Crippen LogP contribution in [-0.2, 0) is 0 Å². The van der Waals surface area contributed by atoms with E-state index in [0.717, 1.165) is 5.56 Å². The molecular weight excluding hydrogens is 203 g/mol. The molecule has 0 atom stereocenters. The Labute approximate surface area is 118 Å². The SMILES string of the molecule is Cc1ccc(Cl)cc1NN=O.[K]. The summed E-state index contributed by atoms with van der Waals surface area (Å²) < 4.78 is 0. The average Bonchev–Trinajstić information content (AvgIpc) is 1.98. The van der Waals surface area contributed by atoms with Crippen molar-refractivity contribution in [1.82, 2.24) is 0 Å². The molecule has 0 saturated carbocycles. The van der Waals surface area contributed by atoms with Crippen LogP contribution < -0.4 is 5.43 Å². The van der Waals surface area contributed by atoms with Crippen molar-refractivity contribution in [1.29, 1.82) is 0 Å². The van der Waals surface area contributed by atoms with Gasteiger partial charge in [0.25, 0.3) is 0 Å². The predicted molar refractivity (Wildman–Crippen MR) is 51.4 cm³/mol.